The summed E-state index contributed by atoms with van der Waals surface area (Å²) < 4.78 is 0. The second-order valence-electron chi connectivity index (χ2n) is 14.4. The molecule has 0 bridgehead atoms. The number of allylic oxidation sites excluding steroid dienone is 5. The van der Waals surface area contributed by atoms with E-state index in [4.69, 9.17) is 5.73 Å². The van der Waals surface area contributed by atoms with E-state index in [1.807, 2.05) is 20.0 Å². The number of hydrogen-bond acceptors (Lipinski definition) is 4. The number of benzene rings is 2. The molecule has 2 aliphatic heterocycles. The van der Waals surface area contributed by atoms with Crippen molar-refractivity contribution < 1.29 is 0 Å². The number of nitrogens with two attached hydrogens (primary N) is 1. The molecule has 4 nitrogen and oxygen atoms in total. The van der Waals surface area contributed by atoms with Crippen LogP contribution < -0.4 is 10.6 Å². The molecule has 3 aliphatic rings. The third-order valence-corrected chi connectivity index (χ3v) is 8.66. The summed E-state index contributed by atoms with van der Waals surface area (Å²) in [6, 6.07) is 15.5. The van der Waals surface area contributed by atoms with Crippen molar-refractivity contribution in [2.75, 3.05) is 52.2 Å². The Morgan fingerprint density at radius 2 is 1.46 bits per heavy atom. The number of likely N-dealkylation sites (N-methyl/N-ethyl adjacent to an activating group) is 2. The van der Waals surface area contributed by atoms with Gasteiger partial charge in [-0.05, 0) is 117 Å². The van der Waals surface area contributed by atoms with Gasteiger partial charge >= 0.3 is 0 Å². The molecule has 2 heterocycles. The first-order valence-electron chi connectivity index (χ1n) is 19.3. The van der Waals surface area contributed by atoms with E-state index in [0.29, 0.717) is 17.8 Å². The summed E-state index contributed by atoms with van der Waals surface area (Å²) in [6.45, 7) is 35.3. The fraction of sp³-hybridized carbons (Fsp3) is 0.458. The topological polar surface area (TPSA) is 35.7 Å². The fourth-order valence-corrected chi connectivity index (χ4v) is 5.99. The first kappa shape index (κ1) is 48.1. The lowest BCUT2D eigenvalue weighted by Crippen LogP contribution is -2.16. The Kier molecular flexibility index (Phi) is 25.7. The molecule has 288 valence electrons. The lowest BCUT2D eigenvalue weighted by Gasteiger charge is -2.25. The maximum absolute atomic E-state index is 4.85. The zero-order chi connectivity index (χ0) is 39.6. The van der Waals surface area contributed by atoms with Gasteiger partial charge in [-0.15, -0.1) is 6.58 Å². The normalized spacial score (nSPS) is 14.0. The third-order valence-electron chi connectivity index (χ3n) is 8.66. The number of fused-ring (bicyclic) bond motifs is 1. The van der Waals surface area contributed by atoms with Gasteiger partial charge in [-0.3, -0.25) is 0 Å². The van der Waals surface area contributed by atoms with Crippen molar-refractivity contribution in [2.45, 2.75) is 92.9 Å². The molecule has 0 saturated carbocycles. The van der Waals surface area contributed by atoms with E-state index in [-0.39, 0.29) is 0 Å². The molecule has 2 N–H and O–H groups in total. The summed E-state index contributed by atoms with van der Waals surface area (Å²) in [7, 11) is 6.34. The summed E-state index contributed by atoms with van der Waals surface area (Å²) in [6.07, 6.45) is 18.8. The molecule has 0 saturated heterocycles. The monoisotopic (exact) mass is 709 g/mol. The van der Waals surface area contributed by atoms with Gasteiger partial charge < -0.3 is 20.4 Å². The van der Waals surface area contributed by atoms with Crippen LogP contribution in [0.25, 0.3) is 6.08 Å². The van der Waals surface area contributed by atoms with E-state index in [2.05, 4.69) is 164 Å². The van der Waals surface area contributed by atoms with Gasteiger partial charge in [0.1, 0.15) is 0 Å². The molecule has 1 aliphatic carbocycles. The van der Waals surface area contributed by atoms with Crippen molar-refractivity contribution >= 4 is 11.8 Å². The predicted octanol–water partition coefficient (Wildman–Crippen LogP) is 12.2. The highest BCUT2D eigenvalue weighted by atomic mass is 15.1. The molecule has 0 spiro atoms. The fourth-order valence-electron chi connectivity index (χ4n) is 5.99. The first-order chi connectivity index (χ1) is 24.8. The van der Waals surface area contributed by atoms with E-state index >= 15 is 0 Å². The predicted molar refractivity (Wildman–Crippen MR) is 237 cm³/mol. The Morgan fingerprint density at radius 3 is 1.98 bits per heavy atom. The minimum atomic E-state index is 0.588. The maximum Gasteiger partial charge on any atom is 0.0430 e. The Morgan fingerprint density at radius 1 is 0.846 bits per heavy atom. The Balaban J connectivity index is 0.000000665. The number of hydrogen-bond donors (Lipinski definition) is 1. The largest absolute Gasteiger partial charge is 0.374 e. The quantitative estimate of drug-likeness (QED) is 0.219. The molecule has 0 atom stereocenters. The van der Waals surface area contributed by atoms with E-state index in [0.717, 1.165) is 19.6 Å². The summed E-state index contributed by atoms with van der Waals surface area (Å²) in [5.74, 6) is 1.87. The van der Waals surface area contributed by atoms with Crippen LogP contribution in [0.5, 0.6) is 0 Å². The second kappa shape index (κ2) is 27.7. The number of anilines is 1. The standard InChI is InChI=1S/C14H21N.C13H19N.C12H17N.C4H6.C3H6.C2H7N/c1-12(2)14-10-6-5-8-13(14)9-7-11-15(3)4;1-4-14-9-8-11-6-5-7-12(10(2)3)13(11)14;1-9(2)11-5-4-10-6-7-13(3)12(10)8-11;1-3-4-2;1-3-2;1-2-3/h5-10,12H,11H2,1-4H3;4,7,10H,1,5-6,8-9H2,2-3H3;4-5,8-9H,6-7H2,1-3H3;3-4H,1-2H2;3H,1H2,2H3;2-3H2,1H3/b9-7+;;;;;. The van der Waals surface area contributed by atoms with Gasteiger partial charge in [0, 0.05) is 38.1 Å². The third kappa shape index (κ3) is 17.6. The van der Waals surface area contributed by atoms with Crippen molar-refractivity contribution in [1.29, 1.82) is 0 Å². The lowest BCUT2D eigenvalue weighted by molar-refractivity contribution is 0.457. The summed E-state index contributed by atoms with van der Waals surface area (Å²) in [4.78, 5) is 6.83. The minimum absolute atomic E-state index is 0.588. The average molecular weight is 709 g/mol. The molecule has 0 aromatic heterocycles. The van der Waals surface area contributed by atoms with Crippen LogP contribution in [0.2, 0.25) is 0 Å². The number of nitrogens with zero attached hydrogens (tertiary/aromatic N) is 3. The second-order valence-corrected chi connectivity index (χ2v) is 14.4. The van der Waals surface area contributed by atoms with E-state index < -0.39 is 0 Å². The Bertz CT molecular complexity index is 1410. The van der Waals surface area contributed by atoms with Crippen LogP contribution in [0.4, 0.5) is 5.69 Å². The molecule has 52 heavy (non-hydrogen) atoms. The summed E-state index contributed by atoms with van der Waals surface area (Å²) in [5.41, 5.74) is 16.7. The molecule has 0 fully saturated rings. The highest BCUT2D eigenvalue weighted by molar-refractivity contribution is 5.59. The van der Waals surface area contributed by atoms with Gasteiger partial charge in [-0.1, -0.05) is 141 Å². The Hall–Kier alpha value is -3.86. The van der Waals surface area contributed by atoms with Gasteiger partial charge in [0.2, 0.25) is 0 Å². The van der Waals surface area contributed by atoms with Crippen LogP contribution in [-0.4, -0.2) is 57.1 Å². The highest BCUT2D eigenvalue weighted by Gasteiger charge is 2.26. The van der Waals surface area contributed by atoms with Crippen molar-refractivity contribution in [3.05, 3.63) is 144 Å². The van der Waals surface area contributed by atoms with Crippen LogP contribution in [0.1, 0.15) is 109 Å². The van der Waals surface area contributed by atoms with Gasteiger partial charge in [0.05, 0.1) is 0 Å². The van der Waals surface area contributed by atoms with E-state index in [1.54, 1.807) is 23.8 Å². The average Bonchev–Trinajstić information content (AvgIpc) is 3.72. The van der Waals surface area contributed by atoms with Crippen LogP contribution in [0, 0.1) is 5.92 Å². The van der Waals surface area contributed by atoms with Gasteiger partial charge in [-0.25, -0.2) is 0 Å². The van der Waals surface area contributed by atoms with Crippen molar-refractivity contribution in [2.24, 2.45) is 11.7 Å². The van der Waals surface area contributed by atoms with E-state index in [1.165, 1.54) is 71.4 Å². The lowest BCUT2D eigenvalue weighted by atomic mass is 9.89. The zero-order valence-corrected chi connectivity index (χ0v) is 35.2. The van der Waals surface area contributed by atoms with Crippen molar-refractivity contribution in [3.8, 4) is 0 Å². The van der Waals surface area contributed by atoms with Crippen LogP contribution in [0.3, 0.4) is 0 Å². The molecular formula is C48H76N4. The Labute approximate surface area is 321 Å². The van der Waals surface area contributed by atoms with Gasteiger partial charge in [0.25, 0.3) is 0 Å². The molecule has 2 aromatic carbocycles. The van der Waals surface area contributed by atoms with Crippen molar-refractivity contribution in [1.82, 2.24) is 9.80 Å². The zero-order valence-electron chi connectivity index (χ0n) is 35.2. The maximum atomic E-state index is 4.85. The molecule has 0 amide bonds. The molecule has 4 heteroatoms. The minimum Gasteiger partial charge on any atom is -0.374 e. The molecule has 0 radical (unpaired) electrons. The summed E-state index contributed by atoms with van der Waals surface area (Å²) >= 11 is 0. The van der Waals surface area contributed by atoms with Crippen LogP contribution in [0.15, 0.2) is 122 Å². The first-order valence-corrected chi connectivity index (χ1v) is 19.3. The SMILES string of the molecule is C=CC.C=CC=C.C=CN1CCC2=C1C(C(C)C)=CCC2.CC(C)c1ccc2c(c1)N(C)CC2.CC(C)c1ccccc1/C=C/CN(C)C.CCN. The smallest absolute Gasteiger partial charge is 0.0430 e. The highest BCUT2D eigenvalue weighted by Crippen LogP contribution is 2.38. The molecule has 0 unspecified atom stereocenters. The van der Waals surface area contributed by atoms with Gasteiger partial charge in [-0.2, -0.15) is 0 Å². The molecule has 2 aromatic rings. The number of rotatable bonds is 8. The van der Waals surface area contributed by atoms with Crippen molar-refractivity contribution in [3.63, 3.8) is 0 Å². The van der Waals surface area contributed by atoms with Gasteiger partial charge in [0.15, 0.2) is 0 Å². The summed E-state index contributed by atoms with van der Waals surface area (Å²) in [5, 5.41) is 0. The van der Waals surface area contributed by atoms with E-state index in [9.17, 15) is 0 Å². The molecule has 5 rings (SSSR count). The molecular weight excluding hydrogens is 633 g/mol. The van der Waals surface area contributed by atoms with Crippen LogP contribution >= 0.6 is 0 Å². The van der Waals surface area contributed by atoms with Crippen LogP contribution in [-0.2, 0) is 6.42 Å².